The van der Waals surface area contributed by atoms with E-state index in [0.717, 1.165) is 12.3 Å². The predicted octanol–water partition coefficient (Wildman–Crippen LogP) is 2.34. The number of aryl methyl sites for hydroxylation is 1. The Labute approximate surface area is 80.0 Å². The summed E-state index contributed by atoms with van der Waals surface area (Å²) in [4.78, 5) is 4.64. The quantitative estimate of drug-likeness (QED) is 0.645. The van der Waals surface area contributed by atoms with Crippen molar-refractivity contribution in [1.29, 1.82) is 0 Å². The smallest absolute Gasteiger partial charge is 0.109 e. The summed E-state index contributed by atoms with van der Waals surface area (Å²) >= 11 is 0. The molecule has 1 aromatic rings. The lowest BCUT2D eigenvalue weighted by Crippen LogP contribution is -2.18. The van der Waals surface area contributed by atoms with Crippen LogP contribution in [0, 0.1) is 12.8 Å². The Hall–Kier alpha value is -0.790. The summed E-state index contributed by atoms with van der Waals surface area (Å²) in [6, 6.07) is 0. The van der Waals surface area contributed by atoms with Gasteiger partial charge < -0.3 is 4.57 Å². The van der Waals surface area contributed by atoms with E-state index in [1.165, 1.54) is 36.6 Å². The minimum Gasteiger partial charge on any atom is -0.332 e. The van der Waals surface area contributed by atoms with Gasteiger partial charge in [0.25, 0.3) is 0 Å². The van der Waals surface area contributed by atoms with Crippen molar-refractivity contribution in [2.24, 2.45) is 5.92 Å². The number of imidazole rings is 1. The summed E-state index contributed by atoms with van der Waals surface area (Å²) in [6.07, 6.45) is 3.60. The maximum absolute atomic E-state index is 4.64. The highest BCUT2D eigenvalue weighted by Crippen LogP contribution is 2.23. The number of fused-ring (bicyclic) bond motifs is 1. The molecule has 1 aliphatic rings. The highest BCUT2D eigenvalue weighted by molar-refractivity contribution is 5.17. The van der Waals surface area contributed by atoms with Gasteiger partial charge in [-0.1, -0.05) is 13.8 Å². The molecule has 0 radical (unpaired) electrons. The molecule has 0 aromatic carbocycles. The first kappa shape index (κ1) is 8.79. The molecule has 2 rings (SSSR count). The summed E-state index contributed by atoms with van der Waals surface area (Å²) in [5.41, 5.74) is 2.69. The van der Waals surface area contributed by atoms with Crippen LogP contribution in [-0.4, -0.2) is 9.55 Å². The van der Waals surface area contributed by atoms with Gasteiger partial charge in [-0.25, -0.2) is 4.98 Å². The number of hydrogen-bond donors (Lipinski definition) is 0. The van der Waals surface area contributed by atoms with Crippen LogP contribution in [0.25, 0.3) is 0 Å². The first-order chi connectivity index (χ1) is 6.22. The van der Waals surface area contributed by atoms with Crippen LogP contribution in [0.3, 0.4) is 0 Å². The van der Waals surface area contributed by atoms with Gasteiger partial charge in [0.2, 0.25) is 0 Å². The molecule has 0 fully saturated rings. The minimum absolute atomic E-state index is 0.819. The molecule has 0 saturated heterocycles. The van der Waals surface area contributed by atoms with Crippen molar-refractivity contribution in [3.05, 3.63) is 17.2 Å². The lowest BCUT2D eigenvalue weighted by Gasteiger charge is -2.21. The van der Waals surface area contributed by atoms with E-state index < -0.39 is 0 Å². The van der Waals surface area contributed by atoms with E-state index in [0.29, 0.717) is 0 Å². The van der Waals surface area contributed by atoms with E-state index >= 15 is 0 Å². The van der Waals surface area contributed by atoms with Crippen molar-refractivity contribution in [1.82, 2.24) is 9.55 Å². The van der Waals surface area contributed by atoms with Crippen molar-refractivity contribution in [2.75, 3.05) is 0 Å². The summed E-state index contributed by atoms with van der Waals surface area (Å²) < 4.78 is 2.43. The van der Waals surface area contributed by atoms with E-state index in [9.17, 15) is 0 Å². The molecule has 0 saturated carbocycles. The van der Waals surface area contributed by atoms with E-state index in [4.69, 9.17) is 0 Å². The van der Waals surface area contributed by atoms with Crippen molar-refractivity contribution in [2.45, 2.75) is 46.6 Å². The van der Waals surface area contributed by atoms with Crippen molar-refractivity contribution in [3.63, 3.8) is 0 Å². The Balaban J connectivity index is 2.41. The van der Waals surface area contributed by atoms with Gasteiger partial charge in [-0.2, -0.15) is 0 Å². The van der Waals surface area contributed by atoms with Gasteiger partial charge in [0.05, 0.1) is 5.69 Å². The monoisotopic (exact) mass is 178 g/mol. The van der Waals surface area contributed by atoms with Gasteiger partial charge in [0, 0.05) is 18.7 Å². The molecule has 0 spiro atoms. The molecule has 1 aromatic heterocycles. The number of hydrogen-bond acceptors (Lipinski definition) is 1. The van der Waals surface area contributed by atoms with Gasteiger partial charge in [-0.15, -0.1) is 0 Å². The van der Waals surface area contributed by atoms with Gasteiger partial charge in [0.1, 0.15) is 5.82 Å². The lowest BCUT2D eigenvalue weighted by molar-refractivity contribution is 0.403. The zero-order valence-corrected chi connectivity index (χ0v) is 8.80. The maximum atomic E-state index is 4.64. The first-order valence-corrected chi connectivity index (χ1v) is 5.27. The second kappa shape index (κ2) is 3.17. The highest BCUT2D eigenvalue weighted by Gasteiger charge is 2.19. The fourth-order valence-electron chi connectivity index (χ4n) is 2.30. The average molecular weight is 178 g/mol. The number of rotatable bonds is 1. The molecule has 1 aliphatic heterocycles. The molecule has 72 valence electrons. The Bertz CT molecular complexity index is 312. The Morgan fingerprint density at radius 2 is 2.31 bits per heavy atom. The molecule has 0 aliphatic carbocycles. The molecule has 13 heavy (non-hydrogen) atoms. The second-order valence-electron chi connectivity index (χ2n) is 4.16. The Morgan fingerprint density at radius 1 is 1.54 bits per heavy atom. The second-order valence-corrected chi connectivity index (χ2v) is 4.16. The maximum Gasteiger partial charge on any atom is 0.109 e. The Morgan fingerprint density at radius 3 is 3.00 bits per heavy atom. The molecule has 2 heteroatoms. The van der Waals surface area contributed by atoms with Crippen LogP contribution < -0.4 is 0 Å². The van der Waals surface area contributed by atoms with Gasteiger partial charge >= 0.3 is 0 Å². The highest BCUT2D eigenvalue weighted by atomic mass is 15.1. The zero-order chi connectivity index (χ0) is 9.42. The summed E-state index contributed by atoms with van der Waals surface area (Å²) in [5, 5.41) is 0. The molecule has 2 heterocycles. The molecular weight excluding hydrogens is 160 g/mol. The van der Waals surface area contributed by atoms with Crippen LogP contribution in [-0.2, 0) is 19.4 Å². The normalized spacial score (nSPS) is 21.6. The molecule has 0 bridgehead atoms. The van der Waals surface area contributed by atoms with Gasteiger partial charge in [-0.05, 0) is 25.7 Å². The van der Waals surface area contributed by atoms with Crippen LogP contribution in [0.2, 0.25) is 0 Å². The third-order valence-electron chi connectivity index (χ3n) is 3.06. The third-order valence-corrected chi connectivity index (χ3v) is 3.06. The average Bonchev–Trinajstić information content (AvgIpc) is 2.39. The van der Waals surface area contributed by atoms with Crippen molar-refractivity contribution in [3.8, 4) is 0 Å². The fourth-order valence-corrected chi connectivity index (χ4v) is 2.30. The number of nitrogens with zero attached hydrogens (tertiary/aromatic N) is 2. The molecular formula is C11H18N2. The van der Waals surface area contributed by atoms with Crippen LogP contribution in [0.4, 0.5) is 0 Å². The number of aromatic nitrogens is 2. The van der Waals surface area contributed by atoms with Gasteiger partial charge in [0.15, 0.2) is 0 Å². The van der Waals surface area contributed by atoms with Gasteiger partial charge in [-0.3, -0.25) is 0 Å². The lowest BCUT2D eigenvalue weighted by atomic mass is 10.0. The molecule has 0 amide bonds. The van der Waals surface area contributed by atoms with Crippen LogP contribution in [0.1, 0.15) is 37.5 Å². The Kier molecular flexibility index (Phi) is 2.14. The van der Waals surface area contributed by atoms with E-state index in [1.807, 2.05) is 0 Å². The largest absolute Gasteiger partial charge is 0.332 e. The zero-order valence-electron chi connectivity index (χ0n) is 8.80. The SMILES string of the molecule is CCc1c(C)nc2n1CCC(C)C2. The molecule has 2 nitrogen and oxygen atoms in total. The summed E-state index contributed by atoms with van der Waals surface area (Å²) in [5.74, 6) is 2.13. The molecule has 1 unspecified atom stereocenters. The fraction of sp³-hybridized carbons (Fsp3) is 0.727. The van der Waals surface area contributed by atoms with E-state index in [2.05, 4.69) is 30.3 Å². The summed E-state index contributed by atoms with van der Waals surface area (Å²) in [6.45, 7) is 7.85. The third kappa shape index (κ3) is 1.38. The minimum atomic E-state index is 0.819. The van der Waals surface area contributed by atoms with Crippen LogP contribution in [0.5, 0.6) is 0 Å². The van der Waals surface area contributed by atoms with E-state index in [1.54, 1.807) is 0 Å². The topological polar surface area (TPSA) is 17.8 Å². The summed E-state index contributed by atoms with van der Waals surface area (Å²) in [7, 11) is 0. The van der Waals surface area contributed by atoms with Crippen LogP contribution >= 0.6 is 0 Å². The standard InChI is InChI=1S/C11H18N2/c1-4-10-9(3)12-11-7-8(2)5-6-13(10)11/h8H,4-7H2,1-3H3. The van der Waals surface area contributed by atoms with Crippen LogP contribution in [0.15, 0.2) is 0 Å². The first-order valence-electron chi connectivity index (χ1n) is 5.27. The predicted molar refractivity (Wildman–Crippen MR) is 53.8 cm³/mol. The van der Waals surface area contributed by atoms with E-state index in [-0.39, 0.29) is 0 Å². The molecule has 0 N–H and O–H groups in total. The van der Waals surface area contributed by atoms with Crippen molar-refractivity contribution < 1.29 is 0 Å². The molecule has 1 atom stereocenters. The van der Waals surface area contributed by atoms with Crippen molar-refractivity contribution >= 4 is 0 Å².